The van der Waals surface area contributed by atoms with Crippen LogP contribution in [0.5, 0.6) is 11.5 Å². The van der Waals surface area contributed by atoms with Gasteiger partial charge in [0, 0.05) is 36.1 Å². The summed E-state index contributed by atoms with van der Waals surface area (Å²) in [4.78, 5) is 15.4. The number of hydrogen-bond donors (Lipinski definition) is 1. The van der Waals surface area contributed by atoms with Crippen molar-refractivity contribution in [1.29, 1.82) is 0 Å². The Kier molecular flexibility index (Phi) is 5.68. The maximum absolute atomic E-state index is 13.2. The molecule has 2 heterocycles. The molecule has 0 radical (unpaired) electrons. The molecule has 5 rings (SSSR count). The van der Waals surface area contributed by atoms with Crippen molar-refractivity contribution in [3.8, 4) is 22.8 Å². The van der Waals surface area contributed by atoms with E-state index in [1.54, 1.807) is 14.2 Å². The van der Waals surface area contributed by atoms with Crippen molar-refractivity contribution in [2.75, 3.05) is 50.7 Å². The molecule has 2 fully saturated rings. The number of morpholine rings is 1. The van der Waals surface area contributed by atoms with Crippen LogP contribution in [-0.4, -0.2) is 51.6 Å². The number of anilines is 2. The average Bonchev–Trinajstić information content (AvgIpc) is 3.54. The van der Waals surface area contributed by atoms with E-state index in [-0.39, 0.29) is 5.91 Å². The molecule has 33 heavy (non-hydrogen) atoms. The van der Waals surface area contributed by atoms with Gasteiger partial charge in [0.1, 0.15) is 0 Å². The van der Waals surface area contributed by atoms with E-state index in [1.807, 2.05) is 48.5 Å². The Morgan fingerprint density at radius 3 is 2.39 bits per heavy atom. The van der Waals surface area contributed by atoms with Gasteiger partial charge in [0.05, 0.1) is 38.5 Å². The number of aromatic nitrogens is 1. The van der Waals surface area contributed by atoms with Crippen LogP contribution in [0.15, 0.2) is 53.1 Å². The minimum atomic E-state index is -0.652. The normalized spacial score (nSPS) is 16.8. The molecule has 172 valence electrons. The molecule has 1 saturated carbocycles. The second-order valence-electron chi connectivity index (χ2n) is 8.33. The zero-order valence-corrected chi connectivity index (χ0v) is 18.8. The summed E-state index contributed by atoms with van der Waals surface area (Å²) >= 11 is 0. The largest absolute Gasteiger partial charge is 0.493 e. The van der Waals surface area contributed by atoms with Gasteiger partial charge in [-0.1, -0.05) is 5.16 Å². The molecule has 1 N–H and O–H groups in total. The number of ether oxygens (including phenoxy) is 3. The summed E-state index contributed by atoms with van der Waals surface area (Å²) in [6, 6.07) is 15.3. The fraction of sp³-hybridized carbons (Fsp3) is 0.360. The number of nitrogens with zero attached hydrogens (tertiary/aromatic N) is 2. The van der Waals surface area contributed by atoms with E-state index < -0.39 is 5.41 Å². The molecule has 0 bridgehead atoms. The smallest absolute Gasteiger partial charge is 0.236 e. The number of benzene rings is 2. The quantitative estimate of drug-likeness (QED) is 0.586. The van der Waals surface area contributed by atoms with E-state index in [4.69, 9.17) is 18.7 Å². The molecule has 1 amide bonds. The summed E-state index contributed by atoms with van der Waals surface area (Å²) in [7, 11) is 3.18. The van der Waals surface area contributed by atoms with Gasteiger partial charge in [0.15, 0.2) is 17.3 Å². The van der Waals surface area contributed by atoms with Crippen LogP contribution in [0.25, 0.3) is 11.3 Å². The lowest BCUT2D eigenvalue weighted by Gasteiger charge is -2.29. The standard InChI is InChI=1S/C25H27N3O5/c1-30-20-8-3-17(15-22(20)31-2)21-16-23(27-33-21)25(9-10-25)24(29)26-18-4-6-19(7-5-18)28-11-13-32-14-12-28/h3-8,15-16H,9-14H2,1-2H3,(H,26,29). The number of carbonyl (C=O) groups is 1. The number of amides is 1. The Bertz CT molecular complexity index is 1130. The van der Waals surface area contributed by atoms with Crippen molar-refractivity contribution in [3.05, 3.63) is 54.2 Å². The van der Waals surface area contributed by atoms with Crippen LogP contribution in [0.3, 0.4) is 0 Å². The minimum Gasteiger partial charge on any atom is -0.493 e. The van der Waals surface area contributed by atoms with Gasteiger partial charge in [-0.25, -0.2) is 0 Å². The first kappa shape index (κ1) is 21.3. The van der Waals surface area contributed by atoms with Crippen LogP contribution in [0.1, 0.15) is 18.5 Å². The predicted molar refractivity (Wildman–Crippen MR) is 124 cm³/mol. The summed E-state index contributed by atoms with van der Waals surface area (Å²) < 4.78 is 21.7. The van der Waals surface area contributed by atoms with Crippen molar-refractivity contribution in [3.63, 3.8) is 0 Å². The van der Waals surface area contributed by atoms with Gasteiger partial charge in [-0.3, -0.25) is 4.79 Å². The van der Waals surface area contributed by atoms with Crippen molar-refractivity contribution >= 4 is 17.3 Å². The van der Waals surface area contributed by atoms with E-state index in [1.165, 1.54) is 0 Å². The van der Waals surface area contributed by atoms with Crippen LogP contribution < -0.4 is 19.7 Å². The monoisotopic (exact) mass is 449 g/mol. The highest BCUT2D eigenvalue weighted by atomic mass is 16.5. The van der Waals surface area contributed by atoms with E-state index in [2.05, 4.69) is 15.4 Å². The topological polar surface area (TPSA) is 86.1 Å². The molecule has 1 aliphatic heterocycles. The summed E-state index contributed by atoms with van der Waals surface area (Å²) in [5.41, 5.74) is 2.71. The van der Waals surface area contributed by atoms with Crippen LogP contribution in [-0.2, 0) is 14.9 Å². The number of carbonyl (C=O) groups excluding carboxylic acids is 1. The molecule has 8 nitrogen and oxygen atoms in total. The zero-order valence-electron chi connectivity index (χ0n) is 18.8. The van der Waals surface area contributed by atoms with Crippen LogP contribution in [0.4, 0.5) is 11.4 Å². The summed E-state index contributed by atoms with van der Waals surface area (Å²) in [5, 5.41) is 7.29. The molecule has 0 atom stereocenters. The third-order valence-corrected chi connectivity index (χ3v) is 6.35. The second kappa shape index (κ2) is 8.78. The molecule has 3 aromatic rings. The van der Waals surface area contributed by atoms with Gasteiger partial charge < -0.3 is 29.0 Å². The van der Waals surface area contributed by atoms with Gasteiger partial charge in [0.2, 0.25) is 5.91 Å². The van der Waals surface area contributed by atoms with Crippen molar-refractivity contribution < 1.29 is 23.5 Å². The first-order chi connectivity index (χ1) is 16.1. The van der Waals surface area contributed by atoms with E-state index in [0.29, 0.717) is 23.0 Å². The molecule has 0 unspecified atom stereocenters. The van der Waals surface area contributed by atoms with Crippen molar-refractivity contribution in [2.45, 2.75) is 18.3 Å². The van der Waals surface area contributed by atoms with E-state index in [0.717, 1.165) is 56.1 Å². The van der Waals surface area contributed by atoms with E-state index >= 15 is 0 Å². The summed E-state index contributed by atoms with van der Waals surface area (Å²) in [5.74, 6) is 1.76. The Balaban J connectivity index is 1.29. The molecule has 2 aromatic carbocycles. The molecular weight excluding hydrogens is 422 g/mol. The number of methoxy groups -OCH3 is 2. The van der Waals surface area contributed by atoms with E-state index in [9.17, 15) is 4.79 Å². The fourth-order valence-electron chi connectivity index (χ4n) is 4.18. The number of rotatable bonds is 7. The van der Waals surface area contributed by atoms with Gasteiger partial charge in [0.25, 0.3) is 0 Å². The highest BCUT2D eigenvalue weighted by molar-refractivity contribution is 6.01. The van der Waals surface area contributed by atoms with Gasteiger partial charge in [-0.05, 0) is 55.3 Å². The molecule has 1 aliphatic carbocycles. The van der Waals surface area contributed by atoms with Crippen LogP contribution >= 0.6 is 0 Å². The second-order valence-corrected chi connectivity index (χ2v) is 8.33. The SMILES string of the molecule is COc1ccc(-c2cc(C3(C(=O)Nc4ccc(N5CCOCC5)cc4)CC3)no2)cc1OC. The highest BCUT2D eigenvalue weighted by Gasteiger charge is 2.53. The molecule has 2 aliphatic rings. The first-order valence-electron chi connectivity index (χ1n) is 11.1. The van der Waals surface area contributed by atoms with Crippen molar-refractivity contribution in [1.82, 2.24) is 5.16 Å². The maximum Gasteiger partial charge on any atom is 0.236 e. The molecule has 1 aromatic heterocycles. The minimum absolute atomic E-state index is 0.0613. The zero-order chi connectivity index (χ0) is 22.8. The highest BCUT2D eigenvalue weighted by Crippen LogP contribution is 2.49. The Labute approximate surface area is 192 Å². The fourth-order valence-corrected chi connectivity index (χ4v) is 4.18. The first-order valence-corrected chi connectivity index (χ1v) is 11.1. The molecule has 8 heteroatoms. The predicted octanol–water partition coefficient (Wildman–Crippen LogP) is 3.87. The van der Waals surface area contributed by atoms with Crippen LogP contribution in [0, 0.1) is 0 Å². The summed E-state index contributed by atoms with van der Waals surface area (Å²) in [6.45, 7) is 3.24. The van der Waals surface area contributed by atoms with Gasteiger partial charge in [-0.2, -0.15) is 0 Å². The lowest BCUT2D eigenvalue weighted by atomic mass is 10.00. The van der Waals surface area contributed by atoms with Gasteiger partial charge >= 0.3 is 0 Å². The molecule has 1 saturated heterocycles. The average molecular weight is 450 g/mol. The Hall–Kier alpha value is -3.52. The van der Waals surface area contributed by atoms with Gasteiger partial charge in [-0.15, -0.1) is 0 Å². The molecular formula is C25H27N3O5. The Morgan fingerprint density at radius 1 is 1.00 bits per heavy atom. The van der Waals surface area contributed by atoms with Crippen LogP contribution in [0.2, 0.25) is 0 Å². The lowest BCUT2D eigenvalue weighted by molar-refractivity contribution is -0.118. The summed E-state index contributed by atoms with van der Waals surface area (Å²) in [6.07, 6.45) is 1.48. The Morgan fingerprint density at radius 2 is 1.73 bits per heavy atom. The van der Waals surface area contributed by atoms with Crippen molar-refractivity contribution in [2.24, 2.45) is 0 Å². The number of hydrogen-bond acceptors (Lipinski definition) is 7. The number of nitrogens with one attached hydrogen (secondary N) is 1. The lowest BCUT2D eigenvalue weighted by Crippen LogP contribution is -2.36. The maximum atomic E-state index is 13.2. The third kappa shape index (κ3) is 4.14. The third-order valence-electron chi connectivity index (χ3n) is 6.35. The molecule has 0 spiro atoms.